The van der Waals surface area contributed by atoms with E-state index in [0.29, 0.717) is 5.75 Å². The van der Waals surface area contributed by atoms with Crippen LogP contribution in [0.3, 0.4) is 0 Å². The average molecular weight is 328 g/mol. The number of rotatable bonds is 4. The number of aliphatic hydroxyl groups is 1. The highest BCUT2D eigenvalue weighted by molar-refractivity contribution is 6.32. The van der Waals surface area contributed by atoms with Gasteiger partial charge in [0.15, 0.2) is 11.5 Å². The van der Waals surface area contributed by atoms with Crippen LogP contribution in [0.15, 0.2) is 36.4 Å². The van der Waals surface area contributed by atoms with Crippen LogP contribution in [-0.4, -0.2) is 38.0 Å². The van der Waals surface area contributed by atoms with Crippen LogP contribution in [-0.2, 0) is 5.60 Å². The van der Waals surface area contributed by atoms with E-state index >= 15 is 0 Å². The van der Waals surface area contributed by atoms with E-state index in [1.165, 1.54) is 45.6 Å². The molecule has 0 bridgehead atoms. The summed E-state index contributed by atoms with van der Waals surface area (Å²) in [5.74, 6) is -0.740. The Morgan fingerprint density at radius 3 is 1.79 bits per heavy atom. The van der Waals surface area contributed by atoms with Crippen LogP contribution >= 0.6 is 0 Å². The van der Waals surface area contributed by atoms with Crippen molar-refractivity contribution in [3.05, 3.63) is 53.1 Å². The van der Waals surface area contributed by atoms with Crippen molar-refractivity contribution in [3.63, 3.8) is 0 Å². The Balaban J connectivity index is 2.27. The van der Waals surface area contributed by atoms with Crippen molar-refractivity contribution in [2.75, 3.05) is 21.3 Å². The van der Waals surface area contributed by atoms with E-state index in [-0.39, 0.29) is 28.2 Å². The number of fused-ring (bicyclic) bond motifs is 1. The molecule has 0 unspecified atom stereocenters. The molecule has 0 aliphatic heterocycles. The van der Waals surface area contributed by atoms with E-state index < -0.39 is 17.2 Å². The quantitative estimate of drug-likeness (QED) is 0.864. The standard InChI is InChI=1S/C18H16O6/c1-22-13-9-8-12(14(23-2)15(13)24-3)18(21)16(19)10-6-4-5-7-11(10)17(18)20/h4-9,21H,1-3H3. The molecule has 1 N–H and O–H groups in total. The molecule has 2 aromatic carbocycles. The third kappa shape index (κ3) is 1.93. The zero-order valence-corrected chi connectivity index (χ0v) is 13.5. The van der Waals surface area contributed by atoms with Crippen molar-refractivity contribution in [2.45, 2.75) is 5.60 Å². The molecule has 0 aromatic heterocycles. The summed E-state index contributed by atoms with van der Waals surface area (Å²) in [6, 6.07) is 9.25. The van der Waals surface area contributed by atoms with Gasteiger partial charge < -0.3 is 19.3 Å². The van der Waals surface area contributed by atoms with Crippen molar-refractivity contribution >= 4 is 11.6 Å². The molecule has 0 heterocycles. The van der Waals surface area contributed by atoms with Gasteiger partial charge in [-0.3, -0.25) is 9.59 Å². The van der Waals surface area contributed by atoms with Crippen molar-refractivity contribution in [3.8, 4) is 17.2 Å². The van der Waals surface area contributed by atoms with Crippen molar-refractivity contribution in [1.29, 1.82) is 0 Å². The second kappa shape index (κ2) is 5.65. The van der Waals surface area contributed by atoms with Gasteiger partial charge in [0.2, 0.25) is 22.9 Å². The molecule has 0 saturated heterocycles. The lowest BCUT2D eigenvalue weighted by atomic mass is 9.87. The van der Waals surface area contributed by atoms with Crippen LogP contribution in [0, 0.1) is 0 Å². The van der Waals surface area contributed by atoms with E-state index in [9.17, 15) is 14.7 Å². The topological polar surface area (TPSA) is 82.1 Å². The molecule has 0 radical (unpaired) electrons. The minimum absolute atomic E-state index is 0.0221. The minimum atomic E-state index is -2.35. The van der Waals surface area contributed by atoms with Gasteiger partial charge in [-0.15, -0.1) is 0 Å². The molecule has 6 heteroatoms. The van der Waals surface area contributed by atoms with Gasteiger partial charge in [-0.1, -0.05) is 24.3 Å². The number of benzene rings is 2. The number of methoxy groups -OCH3 is 3. The maximum atomic E-state index is 12.8. The highest BCUT2D eigenvalue weighted by Gasteiger charge is 2.55. The lowest BCUT2D eigenvalue weighted by Gasteiger charge is -2.24. The number of hydrogen-bond acceptors (Lipinski definition) is 6. The molecule has 6 nitrogen and oxygen atoms in total. The fourth-order valence-electron chi connectivity index (χ4n) is 3.00. The first kappa shape index (κ1) is 16.0. The van der Waals surface area contributed by atoms with Crippen LogP contribution in [0.4, 0.5) is 0 Å². The van der Waals surface area contributed by atoms with E-state index in [2.05, 4.69) is 0 Å². The van der Waals surface area contributed by atoms with E-state index in [4.69, 9.17) is 14.2 Å². The number of ketones is 2. The Labute approximate surface area is 138 Å². The summed E-state index contributed by atoms with van der Waals surface area (Å²) in [5, 5.41) is 11.0. The second-order valence-corrected chi connectivity index (χ2v) is 5.30. The molecule has 0 spiro atoms. The predicted octanol–water partition coefficient (Wildman–Crippen LogP) is 1.98. The monoisotopic (exact) mass is 328 g/mol. The summed E-state index contributed by atoms with van der Waals surface area (Å²) in [6.45, 7) is 0. The molecule has 1 aliphatic rings. The summed E-state index contributed by atoms with van der Waals surface area (Å²) in [5.41, 5.74) is -1.97. The Bertz CT molecular complexity index is 804. The minimum Gasteiger partial charge on any atom is -0.493 e. The zero-order chi connectivity index (χ0) is 17.5. The highest BCUT2D eigenvalue weighted by Crippen LogP contribution is 2.47. The Morgan fingerprint density at radius 2 is 1.33 bits per heavy atom. The van der Waals surface area contributed by atoms with Gasteiger partial charge in [-0.05, 0) is 12.1 Å². The Morgan fingerprint density at radius 1 is 0.792 bits per heavy atom. The maximum Gasteiger partial charge on any atom is 0.220 e. The molecule has 0 fully saturated rings. The van der Waals surface area contributed by atoms with Crippen LogP contribution in [0.25, 0.3) is 0 Å². The molecule has 0 saturated carbocycles. The second-order valence-electron chi connectivity index (χ2n) is 5.30. The van der Waals surface area contributed by atoms with E-state index in [1.807, 2.05) is 0 Å². The number of carbonyl (C=O) groups excluding carboxylic acids is 2. The summed E-state index contributed by atoms with van der Waals surface area (Å²) in [7, 11) is 4.22. The third-order valence-electron chi connectivity index (χ3n) is 4.17. The Hall–Kier alpha value is -2.86. The number of hydrogen-bond donors (Lipinski definition) is 1. The largest absolute Gasteiger partial charge is 0.493 e. The Kier molecular flexibility index (Phi) is 3.77. The first-order chi connectivity index (χ1) is 11.5. The number of Topliss-reactive ketones (excluding diaryl/α,β-unsaturated/α-hetero) is 2. The van der Waals surface area contributed by atoms with Crippen LogP contribution in [0.5, 0.6) is 17.2 Å². The maximum absolute atomic E-state index is 12.8. The summed E-state index contributed by atoms with van der Waals surface area (Å²) in [4.78, 5) is 25.5. The first-order valence-corrected chi connectivity index (χ1v) is 7.21. The van der Waals surface area contributed by atoms with Crippen LogP contribution < -0.4 is 14.2 Å². The average Bonchev–Trinajstić information content (AvgIpc) is 2.82. The summed E-state index contributed by atoms with van der Waals surface area (Å²) in [6.07, 6.45) is 0. The normalized spacial score (nSPS) is 15.2. The summed E-state index contributed by atoms with van der Waals surface area (Å²) >= 11 is 0. The van der Waals surface area contributed by atoms with Crippen LogP contribution in [0.2, 0.25) is 0 Å². The van der Waals surface area contributed by atoms with Gasteiger partial charge in [-0.2, -0.15) is 0 Å². The van der Waals surface area contributed by atoms with Gasteiger partial charge in [0, 0.05) is 16.7 Å². The van der Waals surface area contributed by atoms with Gasteiger partial charge in [-0.25, -0.2) is 0 Å². The summed E-state index contributed by atoms with van der Waals surface area (Å²) < 4.78 is 15.8. The molecule has 2 aromatic rings. The molecular weight excluding hydrogens is 312 g/mol. The molecular formula is C18H16O6. The van der Waals surface area contributed by atoms with Gasteiger partial charge in [0.1, 0.15) is 0 Å². The van der Waals surface area contributed by atoms with Gasteiger partial charge in [0.05, 0.1) is 21.3 Å². The van der Waals surface area contributed by atoms with Crippen molar-refractivity contribution in [2.24, 2.45) is 0 Å². The van der Waals surface area contributed by atoms with Crippen molar-refractivity contribution < 1.29 is 28.9 Å². The predicted molar refractivity (Wildman–Crippen MR) is 85.1 cm³/mol. The van der Waals surface area contributed by atoms with E-state index in [1.54, 1.807) is 12.1 Å². The molecule has 3 rings (SSSR count). The zero-order valence-electron chi connectivity index (χ0n) is 13.5. The molecule has 0 atom stereocenters. The molecule has 124 valence electrons. The highest BCUT2D eigenvalue weighted by atomic mass is 16.5. The fraction of sp³-hybridized carbons (Fsp3) is 0.222. The lowest BCUT2D eigenvalue weighted by molar-refractivity contribution is 0.0311. The van der Waals surface area contributed by atoms with E-state index in [0.717, 1.165) is 0 Å². The smallest absolute Gasteiger partial charge is 0.220 e. The van der Waals surface area contributed by atoms with Crippen molar-refractivity contribution in [1.82, 2.24) is 0 Å². The first-order valence-electron chi connectivity index (χ1n) is 7.21. The third-order valence-corrected chi connectivity index (χ3v) is 4.17. The molecule has 24 heavy (non-hydrogen) atoms. The van der Waals surface area contributed by atoms with Gasteiger partial charge in [0.25, 0.3) is 0 Å². The molecule has 1 aliphatic carbocycles. The number of carbonyl (C=O) groups is 2. The lowest BCUT2D eigenvalue weighted by Crippen LogP contribution is -2.38. The van der Waals surface area contributed by atoms with Gasteiger partial charge >= 0.3 is 0 Å². The molecule has 0 amide bonds. The number of ether oxygens (including phenoxy) is 3. The SMILES string of the molecule is COc1ccc(C2(O)C(=O)c3ccccc3C2=O)c(OC)c1OC. The van der Waals surface area contributed by atoms with Crippen LogP contribution in [0.1, 0.15) is 26.3 Å². The fourth-order valence-corrected chi connectivity index (χ4v) is 3.00.